The summed E-state index contributed by atoms with van der Waals surface area (Å²) < 4.78 is 11.6. The van der Waals surface area contributed by atoms with Gasteiger partial charge in [0.15, 0.2) is 5.58 Å². The summed E-state index contributed by atoms with van der Waals surface area (Å²) in [4.78, 5) is 33.9. The number of amides is 2. The number of hydrogen-bond donors (Lipinski definition) is 1. The van der Waals surface area contributed by atoms with Crippen LogP contribution in [0, 0.1) is 0 Å². The summed E-state index contributed by atoms with van der Waals surface area (Å²) in [6.45, 7) is 9.14. The van der Waals surface area contributed by atoms with Crippen molar-refractivity contribution in [2.24, 2.45) is 0 Å². The number of benzene rings is 3. The second kappa shape index (κ2) is 11.1. The van der Waals surface area contributed by atoms with Gasteiger partial charge in [0.05, 0.1) is 11.3 Å². The predicted molar refractivity (Wildman–Crippen MR) is 152 cm³/mol. The molecule has 8 nitrogen and oxygen atoms in total. The predicted octanol–water partition coefficient (Wildman–Crippen LogP) is 6.45. The molecule has 3 aromatic carbocycles. The van der Waals surface area contributed by atoms with Crippen molar-refractivity contribution < 1.29 is 18.7 Å². The number of carbonyl (C=O) groups is 2. The van der Waals surface area contributed by atoms with Gasteiger partial charge in [0.2, 0.25) is 5.89 Å². The van der Waals surface area contributed by atoms with Crippen molar-refractivity contribution >= 4 is 40.4 Å². The lowest BCUT2D eigenvalue weighted by Crippen LogP contribution is -2.49. The molecule has 1 aliphatic heterocycles. The van der Waals surface area contributed by atoms with Gasteiger partial charge in [0.25, 0.3) is 5.91 Å². The lowest BCUT2D eigenvalue weighted by Gasteiger charge is -2.35. The van der Waals surface area contributed by atoms with Crippen molar-refractivity contribution in [1.29, 1.82) is 0 Å². The van der Waals surface area contributed by atoms with Crippen molar-refractivity contribution in [2.75, 3.05) is 31.5 Å². The maximum absolute atomic E-state index is 12.8. The standard InChI is InChI=1S/C30H31ClN4O4/c1-30(2,3)39-29(37)35-15-13-34(14-16-35)19-20-11-12-25-26(17-20)38-28(33-25)23-9-4-5-10-24(23)32-27(36)21-7-6-8-22(31)18-21/h4-12,17-18H,13-16,19H2,1-3H3,(H,32,36). The van der Waals surface area contributed by atoms with Crippen molar-refractivity contribution in [3.05, 3.63) is 82.9 Å². The zero-order chi connectivity index (χ0) is 27.6. The number of para-hydroxylation sites is 1. The first-order chi connectivity index (χ1) is 18.6. The number of oxazole rings is 1. The number of ether oxygens (including phenoxy) is 1. The molecule has 0 atom stereocenters. The number of rotatable bonds is 5. The minimum absolute atomic E-state index is 0.262. The number of nitrogens with zero attached hydrogens (tertiary/aromatic N) is 3. The van der Waals surface area contributed by atoms with E-state index in [1.807, 2.05) is 63.2 Å². The smallest absolute Gasteiger partial charge is 0.410 e. The van der Waals surface area contributed by atoms with Crippen LogP contribution in [0.4, 0.5) is 10.5 Å². The molecule has 1 fully saturated rings. The number of halogens is 1. The Morgan fingerprint density at radius 3 is 2.51 bits per heavy atom. The van der Waals surface area contributed by atoms with Gasteiger partial charge in [-0.3, -0.25) is 9.69 Å². The first-order valence-electron chi connectivity index (χ1n) is 12.9. The minimum Gasteiger partial charge on any atom is -0.444 e. The van der Waals surface area contributed by atoms with Gasteiger partial charge in [0, 0.05) is 43.3 Å². The molecule has 1 aromatic heterocycles. The first kappa shape index (κ1) is 26.7. The highest BCUT2D eigenvalue weighted by Crippen LogP contribution is 2.31. The lowest BCUT2D eigenvalue weighted by molar-refractivity contribution is 0.0139. The van der Waals surface area contributed by atoms with Crippen LogP contribution in [0.25, 0.3) is 22.6 Å². The highest BCUT2D eigenvalue weighted by molar-refractivity contribution is 6.31. The number of aromatic nitrogens is 1. The monoisotopic (exact) mass is 546 g/mol. The van der Waals surface area contributed by atoms with Gasteiger partial charge in [0.1, 0.15) is 11.1 Å². The molecule has 202 valence electrons. The van der Waals surface area contributed by atoms with Crippen LogP contribution in [-0.4, -0.2) is 58.6 Å². The third-order valence-corrected chi connectivity index (χ3v) is 6.61. The number of fused-ring (bicyclic) bond motifs is 1. The van der Waals surface area contributed by atoms with Crippen molar-refractivity contribution in [3.8, 4) is 11.5 Å². The van der Waals surface area contributed by atoms with Crippen LogP contribution in [0.1, 0.15) is 36.7 Å². The fourth-order valence-corrected chi connectivity index (χ4v) is 4.65. The van der Waals surface area contributed by atoms with Crippen LogP contribution in [0.3, 0.4) is 0 Å². The summed E-state index contributed by atoms with van der Waals surface area (Å²) in [5, 5.41) is 3.44. The fraction of sp³-hybridized carbons (Fsp3) is 0.300. The quantitative estimate of drug-likeness (QED) is 0.309. The molecule has 1 aliphatic rings. The zero-order valence-corrected chi connectivity index (χ0v) is 23.0. The highest BCUT2D eigenvalue weighted by Gasteiger charge is 2.26. The van der Waals surface area contributed by atoms with E-state index in [-0.39, 0.29) is 12.0 Å². The normalized spacial score (nSPS) is 14.4. The van der Waals surface area contributed by atoms with Gasteiger partial charge < -0.3 is 19.4 Å². The van der Waals surface area contributed by atoms with Gasteiger partial charge in [-0.15, -0.1) is 0 Å². The van der Waals surface area contributed by atoms with Crippen LogP contribution >= 0.6 is 11.6 Å². The molecule has 0 aliphatic carbocycles. The van der Waals surface area contributed by atoms with Crippen molar-refractivity contribution in [2.45, 2.75) is 32.9 Å². The molecular formula is C30H31ClN4O4. The Kier molecular flexibility index (Phi) is 7.59. The number of nitrogens with one attached hydrogen (secondary N) is 1. The molecule has 0 unspecified atom stereocenters. The molecule has 9 heteroatoms. The van der Waals surface area contributed by atoms with Crippen LogP contribution in [-0.2, 0) is 11.3 Å². The van der Waals surface area contributed by atoms with Gasteiger partial charge in [-0.25, -0.2) is 9.78 Å². The second-order valence-electron chi connectivity index (χ2n) is 10.6. The third-order valence-electron chi connectivity index (χ3n) is 6.38. The van der Waals surface area contributed by atoms with E-state index >= 15 is 0 Å². The summed E-state index contributed by atoms with van der Waals surface area (Å²) in [5.41, 5.74) is 3.75. The fourth-order valence-electron chi connectivity index (χ4n) is 4.46. The maximum atomic E-state index is 12.8. The molecule has 0 saturated carbocycles. The summed E-state index contributed by atoms with van der Waals surface area (Å²) in [5.74, 6) is 0.158. The van der Waals surface area contributed by atoms with Crippen LogP contribution in [0.2, 0.25) is 5.02 Å². The average molecular weight is 547 g/mol. The molecule has 4 aromatic rings. The van der Waals surface area contributed by atoms with E-state index in [1.165, 1.54) is 0 Å². The third kappa shape index (κ3) is 6.58. The molecule has 1 saturated heterocycles. The Morgan fingerprint density at radius 1 is 1.00 bits per heavy atom. The SMILES string of the molecule is CC(C)(C)OC(=O)N1CCN(Cc2ccc3nc(-c4ccccc4NC(=O)c4cccc(Cl)c4)oc3c2)CC1. The Morgan fingerprint density at radius 2 is 1.77 bits per heavy atom. The average Bonchev–Trinajstić information content (AvgIpc) is 3.32. The molecular weight excluding hydrogens is 516 g/mol. The van der Waals surface area contributed by atoms with Crippen LogP contribution < -0.4 is 5.32 Å². The largest absolute Gasteiger partial charge is 0.444 e. The molecule has 1 N–H and O–H groups in total. The Bertz CT molecular complexity index is 1500. The molecule has 5 rings (SSSR count). The molecule has 0 radical (unpaired) electrons. The Hall–Kier alpha value is -3.88. The molecule has 2 amide bonds. The molecule has 2 heterocycles. The number of piperazine rings is 1. The topological polar surface area (TPSA) is 87.9 Å². The van der Waals surface area contributed by atoms with E-state index in [0.29, 0.717) is 46.4 Å². The van der Waals surface area contributed by atoms with Crippen LogP contribution in [0.5, 0.6) is 0 Å². The Balaban J connectivity index is 1.27. The molecule has 0 bridgehead atoms. The van der Waals surface area contributed by atoms with E-state index < -0.39 is 5.60 Å². The Labute approximate surface area is 232 Å². The second-order valence-corrected chi connectivity index (χ2v) is 11.0. The maximum Gasteiger partial charge on any atom is 0.410 e. The van der Waals surface area contributed by atoms with Gasteiger partial charge in [-0.1, -0.05) is 35.9 Å². The molecule has 39 heavy (non-hydrogen) atoms. The number of carbonyl (C=O) groups excluding carboxylic acids is 2. The first-order valence-corrected chi connectivity index (χ1v) is 13.3. The summed E-state index contributed by atoms with van der Waals surface area (Å²) in [6, 6.07) is 20.2. The number of anilines is 1. The summed E-state index contributed by atoms with van der Waals surface area (Å²) >= 11 is 6.05. The van der Waals surface area contributed by atoms with E-state index in [9.17, 15) is 9.59 Å². The zero-order valence-electron chi connectivity index (χ0n) is 22.2. The summed E-state index contributed by atoms with van der Waals surface area (Å²) in [7, 11) is 0. The van der Waals surface area contributed by atoms with Gasteiger partial charge in [-0.2, -0.15) is 0 Å². The van der Waals surface area contributed by atoms with E-state index in [0.717, 1.165) is 30.7 Å². The van der Waals surface area contributed by atoms with Crippen LogP contribution in [0.15, 0.2) is 71.1 Å². The van der Waals surface area contributed by atoms with E-state index in [2.05, 4.69) is 15.2 Å². The molecule has 0 spiro atoms. The number of hydrogen-bond acceptors (Lipinski definition) is 6. The van der Waals surface area contributed by atoms with Gasteiger partial charge >= 0.3 is 6.09 Å². The van der Waals surface area contributed by atoms with E-state index in [1.54, 1.807) is 29.2 Å². The lowest BCUT2D eigenvalue weighted by atomic mass is 10.1. The van der Waals surface area contributed by atoms with Gasteiger partial charge in [-0.05, 0) is 68.8 Å². The summed E-state index contributed by atoms with van der Waals surface area (Å²) in [6.07, 6.45) is -0.262. The van der Waals surface area contributed by atoms with E-state index in [4.69, 9.17) is 20.8 Å². The van der Waals surface area contributed by atoms with Crippen molar-refractivity contribution in [3.63, 3.8) is 0 Å². The minimum atomic E-state index is -0.498. The highest BCUT2D eigenvalue weighted by atomic mass is 35.5. The van der Waals surface area contributed by atoms with Crippen molar-refractivity contribution in [1.82, 2.24) is 14.8 Å².